The minimum Gasteiger partial charge on any atom is -0.324 e. The number of amides is 1. The molecule has 0 fully saturated rings. The number of benzene rings is 2. The minimum absolute atomic E-state index is 0.0680. The van der Waals surface area contributed by atoms with Crippen molar-refractivity contribution in [3.05, 3.63) is 65.7 Å². The molecule has 1 amide bonds. The van der Waals surface area contributed by atoms with Gasteiger partial charge in [-0.2, -0.15) is 0 Å². The summed E-state index contributed by atoms with van der Waals surface area (Å²) in [6.07, 6.45) is 0. The fraction of sp³-hybridized carbons (Fsp3) is 0.222. The zero-order valence-corrected chi connectivity index (χ0v) is 12.8. The third-order valence-corrected chi connectivity index (χ3v) is 3.45. The van der Waals surface area contributed by atoms with E-state index in [1.54, 1.807) is 24.3 Å². The Morgan fingerprint density at radius 2 is 1.64 bits per heavy atom. The van der Waals surface area contributed by atoms with Crippen molar-refractivity contribution in [2.24, 2.45) is 0 Å². The van der Waals surface area contributed by atoms with Gasteiger partial charge in [0.15, 0.2) is 5.78 Å². The summed E-state index contributed by atoms with van der Waals surface area (Å²) in [7, 11) is 0. The number of anilines is 1. The molecule has 1 atom stereocenters. The highest BCUT2D eigenvalue weighted by molar-refractivity contribution is 6.04. The maximum Gasteiger partial charge on any atom is 0.238 e. The largest absolute Gasteiger partial charge is 0.324 e. The molecule has 22 heavy (non-hydrogen) atoms. The zero-order chi connectivity index (χ0) is 15.9. The van der Waals surface area contributed by atoms with Crippen molar-refractivity contribution in [2.45, 2.75) is 19.9 Å². The predicted octanol–water partition coefficient (Wildman–Crippen LogP) is 3.18. The molecule has 2 aromatic carbocycles. The average Bonchev–Trinajstić information content (AvgIpc) is 2.53. The maximum absolute atomic E-state index is 12.0. The van der Waals surface area contributed by atoms with Crippen LogP contribution in [0, 0.1) is 0 Å². The predicted molar refractivity (Wildman–Crippen MR) is 87.9 cm³/mol. The molecule has 0 bridgehead atoms. The average molecular weight is 296 g/mol. The number of ketones is 1. The molecule has 114 valence electrons. The number of Topliss-reactive ketones (excluding diaryl/α,β-unsaturated/α-hetero) is 1. The molecule has 0 aliphatic rings. The molecule has 4 heteroatoms. The van der Waals surface area contributed by atoms with Gasteiger partial charge in [-0.1, -0.05) is 42.5 Å². The van der Waals surface area contributed by atoms with Crippen LogP contribution in [-0.2, 0) is 4.79 Å². The van der Waals surface area contributed by atoms with Gasteiger partial charge < -0.3 is 10.6 Å². The van der Waals surface area contributed by atoms with E-state index in [2.05, 4.69) is 10.6 Å². The molecule has 2 aromatic rings. The van der Waals surface area contributed by atoms with Gasteiger partial charge in [-0.15, -0.1) is 0 Å². The normalized spacial score (nSPS) is 11.7. The molecular weight excluding hydrogens is 276 g/mol. The lowest BCUT2D eigenvalue weighted by Crippen LogP contribution is -2.30. The Labute approximate surface area is 130 Å². The molecule has 2 N–H and O–H groups in total. The standard InChI is InChI=1S/C18H20N2O2/c1-13(15-8-4-3-5-9-15)19-12-18(22)20-17-11-7-6-10-16(17)14(2)21/h3-11,13,19H,12H2,1-2H3,(H,20,22). The maximum atomic E-state index is 12.0. The molecule has 4 nitrogen and oxygen atoms in total. The van der Waals surface area contributed by atoms with Crippen LogP contribution in [-0.4, -0.2) is 18.2 Å². The van der Waals surface area contributed by atoms with Crippen molar-refractivity contribution in [1.29, 1.82) is 0 Å². The summed E-state index contributed by atoms with van der Waals surface area (Å²) in [5.41, 5.74) is 2.19. The molecule has 0 aliphatic carbocycles. The first kappa shape index (κ1) is 15.9. The molecule has 0 saturated carbocycles. The first-order valence-corrected chi connectivity index (χ1v) is 7.26. The number of rotatable bonds is 6. The highest BCUT2D eigenvalue weighted by Gasteiger charge is 2.11. The molecule has 0 saturated heterocycles. The Hall–Kier alpha value is -2.46. The van der Waals surface area contributed by atoms with Crippen molar-refractivity contribution in [2.75, 3.05) is 11.9 Å². The van der Waals surface area contributed by atoms with Gasteiger partial charge in [0.05, 0.1) is 12.2 Å². The summed E-state index contributed by atoms with van der Waals surface area (Å²) in [5, 5.41) is 5.95. The van der Waals surface area contributed by atoms with Crippen molar-refractivity contribution in [3.63, 3.8) is 0 Å². The fourth-order valence-electron chi connectivity index (χ4n) is 2.20. The van der Waals surface area contributed by atoms with Gasteiger partial charge >= 0.3 is 0 Å². The highest BCUT2D eigenvalue weighted by Crippen LogP contribution is 2.15. The van der Waals surface area contributed by atoms with Gasteiger partial charge in [-0.3, -0.25) is 9.59 Å². The Kier molecular flexibility index (Phi) is 5.44. The van der Waals surface area contributed by atoms with E-state index in [9.17, 15) is 9.59 Å². The topological polar surface area (TPSA) is 58.2 Å². The third-order valence-electron chi connectivity index (χ3n) is 3.45. The lowest BCUT2D eigenvalue weighted by Gasteiger charge is -2.14. The van der Waals surface area contributed by atoms with E-state index in [0.29, 0.717) is 11.3 Å². The van der Waals surface area contributed by atoms with E-state index in [1.807, 2.05) is 37.3 Å². The van der Waals surface area contributed by atoms with E-state index in [1.165, 1.54) is 6.92 Å². The van der Waals surface area contributed by atoms with Crippen LogP contribution in [0.4, 0.5) is 5.69 Å². The molecule has 0 aliphatic heterocycles. The Balaban J connectivity index is 1.93. The molecular formula is C18H20N2O2. The molecule has 2 rings (SSSR count). The zero-order valence-electron chi connectivity index (χ0n) is 12.8. The Morgan fingerprint density at radius 3 is 2.32 bits per heavy atom. The van der Waals surface area contributed by atoms with Crippen LogP contribution < -0.4 is 10.6 Å². The van der Waals surface area contributed by atoms with E-state index >= 15 is 0 Å². The summed E-state index contributed by atoms with van der Waals surface area (Å²) in [4.78, 5) is 23.6. The second-order valence-corrected chi connectivity index (χ2v) is 5.16. The van der Waals surface area contributed by atoms with Crippen molar-refractivity contribution in [1.82, 2.24) is 5.32 Å². The number of carbonyl (C=O) groups is 2. The van der Waals surface area contributed by atoms with Crippen molar-refractivity contribution < 1.29 is 9.59 Å². The lowest BCUT2D eigenvalue weighted by molar-refractivity contribution is -0.115. The molecule has 0 aromatic heterocycles. The smallest absolute Gasteiger partial charge is 0.238 e. The Morgan fingerprint density at radius 1 is 1.00 bits per heavy atom. The number of hydrogen-bond acceptors (Lipinski definition) is 3. The van der Waals surface area contributed by atoms with E-state index in [0.717, 1.165) is 5.56 Å². The van der Waals surface area contributed by atoms with Gasteiger partial charge in [-0.25, -0.2) is 0 Å². The minimum atomic E-state index is -0.170. The second kappa shape index (κ2) is 7.52. The van der Waals surface area contributed by atoms with Gasteiger partial charge in [-0.05, 0) is 31.5 Å². The monoisotopic (exact) mass is 296 g/mol. The second-order valence-electron chi connectivity index (χ2n) is 5.16. The number of carbonyl (C=O) groups excluding carboxylic acids is 2. The molecule has 1 unspecified atom stereocenters. The summed E-state index contributed by atoms with van der Waals surface area (Å²) in [6, 6.07) is 17.0. The van der Waals surface area contributed by atoms with Gasteiger partial charge in [0.2, 0.25) is 5.91 Å². The number of hydrogen-bond donors (Lipinski definition) is 2. The van der Waals surface area contributed by atoms with Crippen LogP contribution in [0.5, 0.6) is 0 Å². The summed E-state index contributed by atoms with van der Waals surface area (Å²) < 4.78 is 0. The van der Waals surface area contributed by atoms with Gasteiger partial charge in [0.25, 0.3) is 0 Å². The highest BCUT2D eigenvalue weighted by atomic mass is 16.2. The van der Waals surface area contributed by atoms with Crippen LogP contribution in [0.3, 0.4) is 0 Å². The third kappa shape index (κ3) is 4.27. The van der Waals surface area contributed by atoms with Crippen LogP contribution in [0.2, 0.25) is 0 Å². The first-order chi connectivity index (χ1) is 10.6. The van der Waals surface area contributed by atoms with Crippen LogP contribution >= 0.6 is 0 Å². The molecule has 0 radical (unpaired) electrons. The summed E-state index contributed by atoms with van der Waals surface area (Å²) in [6.45, 7) is 3.68. The van der Waals surface area contributed by atoms with E-state index in [4.69, 9.17) is 0 Å². The van der Waals surface area contributed by atoms with Crippen molar-refractivity contribution in [3.8, 4) is 0 Å². The van der Waals surface area contributed by atoms with E-state index in [-0.39, 0.29) is 24.3 Å². The van der Waals surface area contributed by atoms with Crippen LogP contribution in [0.1, 0.15) is 35.8 Å². The fourth-order valence-corrected chi connectivity index (χ4v) is 2.20. The Bertz CT molecular complexity index is 653. The van der Waals surface area contributed by atoms with Gasteiger partial charge in [0.1, 0.15) is 0 Å². The van der Waals surface area contributed by atoms with E-state index < -0.39 is 0 Å². The SMILES string of the molecule is CC(=O)c1ccccc1NC(=O)CNC(C)c1ccccc1. The number of nitrogens with one attached hydrogen (secondary N) is 2. The van der Waals surface area contributed by atoms with Crippen molar-refractivity contribution >= 4 is 17.4 Å². The summed E-state index contributed by atoms with van der Waals surface area (Å²) in [5.74, 6) is -0.238. The molecule has 0 heterocycles. The first-order valence-electron chi connectivity index (χ1n) is 7.26. The summed E-state index contributed by atoms with van der Waals surface area (Å²) >= 11 is 0. The van der Waals surface area contributed by atoms with Crippen LogP contribution in [0.25, 0.3) is 0 Å². The quantitative estimate of drug-likeness (QED) is 0.805. The van der Waals surface area contributed by atoms with Crippen LogP contribution in [0.15, 0.2) is 54.6 Å². The number of para-hydroxylation sites is 1. The van der Waals surface area contributed by atoms with Gasteiger partial charge in [0, 0.05) is 11.6 Å². The lowest BCUT2D eigenvalue weighted by atomic mass is 10.1. The molecule has 0 spiro atoms.